The summed E-state index contributed by atoms with van der Waals surface area (Å²) in [7, 11) is 0. The van der Waals surface area contributed by atoms with Gasteiger partial charge in [0.25, 0.3) is 11.8 Å². The second kappa shape index (κ2) is 3.85. The zero-order chi connectivity index (χ0) is 9.14. The van der Waals surface area contributed by atoms with Gasteiger partial charge >= 0.3 is 0 Å². The van der Waals surface area contributed by atoms with E-state index >= 15 is 0 Å². The molecular weight excluding hydrogens is 222 g/mol. The maximum absolute atomic E-state index is 11.2. The van der Waals surface area contributed by atoms with Crippen LogP contribution < -0.4 is 0 Å². The zero-order valence-electron chi connectivity index (χ0n) is 6.84. The van der Waals surface area contributed by atoms with Gasteiger partial charge in [0, 0.05) is 12.6 Å². The van der Waals surface area contributed by atoms with Crippen LogP contribution in [0.4, 0.5) is 0 Å². The van der Waals surface area contributed by atoms with Gasteiger partial charge in [-0.05, 0) is 22.4 Å². The van der Waals surface area contributed by atoms with Gasteiger partial charge < -0.3 is 0 Å². The Labute approximate surface area is 79.5 Å². The van der Waals surface area contributed by atoms with Crippen molar-refractivity contribution in [1.82, 2.24) is 4.90 Å². The number of rotatable bonds is 3. The number of unbranched alkanes of at least 4 members (excludes halogenated alkanes) is 1. The normalized spacial score (nSPS) is 17.2. The highest BCUT2D eigenvalue weighted by molar-refractivity contribution is 9.12. The molecule has 1 aliphatic rings. The summed E-state index contributed by atoms with van der Waals surface area (Å²) in [6.07, 6.45) is 3.16. The summed E-state index contributed by atoms with van der Waals surface area (Å²) >= 11 is 3.03. The largest absolute Gasteiger partial charge is 0.274 e. The van der Waals surface area contributed by atoms with Crippen molar-refractivity contribution in [2.45, 2.75) is 19.8 Å². The SMILES string of the molecule is CCCCN1C(=O)C=C(Br)C1=O. The van der Waals surface area contributed by atoms with Crippen LogP contribution in [0, 0.1) is 0 Å². The maximum atomic E-state index is 11.2. The van der Waals surface area contributed by atoms with E-state index in [1.54, 1.807) is 0 Å². The molecule has 0 saturated carbocycles. The van der Waals surface area contributed by atoms with Crippen molar-refractivity contribution >= 4 is 27.7 Å². The van der Waals surface area contributed by atoms with Crippen LogP contribution in [0.1, 0.15) is 19.8 Å². The number of hydrogen-bond donors (Lipinski definition) is 0. The van der Waals surface area contributed by atoms with Gasteiger partial charge in [-0.25, -0.2) is 0 Å². The summed E-state index contributed by atoms with van der Waals surface area (Å²) < 4.78 is 0.364. The highest BCUT2D eigenvalue weighted by atomic mass is 79.9. The maximum Gasteiger partial charge on any atom is 0.267 e. The minimum absolute atomic E-state index is 0.208. The summed E-state index contributed by atoms with van der Waals surface area (Å²) in [5.74, 6) is -0.422. The van der Waals surface area contributed by atoms with Crippen molar-refractivity contribution in [3.63, 3.8) is 0 Å². The molecule has 0 aromatic rings. The molecule has 12 heavy (non-hydrogen) atoms. The van der Waals surface area contributed by atoms with Crippen LogP contribution in [0.25, 0.3) is 0 Å². The third-order valence-corrected chi connectivity index (χ3v) is 2.27. The molecule has 4 heteroatoms. The molecule has 0 spiro atoms. The first-order valence-electron chi connectivity index (χ1n) is 3.90. The first kappa shape index (κ1) is 9.45. The zero-order valence-corrected chi connectivity index (χ0v) is 8.43. The summed E-state index contributed by atoms with van der Waals surface area (Å²) in [6.45, 7) is 2.55. The molecule has 2 amide bonds. The Kier molecular flexibility index (Phi) is 3.03. The molecule has 0 aliphatic carbocycles. The minimum atomic E-state index is -0.214. The Morgan fingerprint density at radius 1 is 1.50 bits per heavy atom. The number of carbonyl (C=O) groups is 2. The molecule has 0 radical (unpaired) electrons. The van der Waals surface area contributed by atoms with E-state index in [1.807, 2.05) is 6.92 Å². The van der Waals surface area contributed by atoms with Gasteiger partial charge in [-0.15, -0.1) is 0 Å². The van der Waals surface area contributed by atoms with Gasteiger partial charge in [0.15, 0.2) is 0 Å². The van der Waals surface area contributed by atoms with Gasteiger partial charge in [-0.1, -0.05) is 13.3 Å². The summed E-state index contributed by atoms with van der Waals surface area (Å²) in [6, 6.07) is 0. The molecule has 0 aromatic carbocycles. The summed E-state index contributed by atoms with van der Waals surface area (Å²) in [5, 5.41) is 0. The predicted octanol–water partition coefficient (Wildman–Crippen LogP) is 1.43. The summed E-state index contributed by atoms with van der Waals surface area (Å²) in [5.41, 5.74) is 0. The third kappa shape index (κ3) is 1.75. The first-order valence-corrected chi connectivity index (χ1v) is 4.69. The lowest BCUT2D eigenvalue weighted by atomic mass is 10.3. The molecule has 0 saturated heterocycles. The third-order valence-electron chi connectivity index (χ3n) is 1.70. The molecule has 3 nitrogen and oxygen atoms in total. The van der Waals surface area contributed by atoms with Gasteiger partial charge in [-0.3, -0.25) is 14.5 Å². The average molecular weight is 232 g/mol. The van der Waals surface area contributed by atoms with Crippen LogP contribution in [0.5, 0.6) is 0 Å². The lowest BCUT2D eigenvalue weighted by Gasteiger charge is -2.12. The Hall–Kier alpha value is -0.640. The van der Waals surface area contributed by atoms with Crippen molar-refractivity contribution in [3.8, 4) is 0 Å². The van der Waals surface area contributed by atoms with Gasteiger partial charge in [0.2, 0.25) is 0 Å². The molecule has 1 aliphatic heterocycles. The molecule has 0 bridgehead atoms. The Bertz CT molecular complexity index is 247. The molecule has 1 rings (SSSR count). The smallest absolute Gasteiger partial charge is 0.267 e. The van der Waals surface area contributed by atoms with Crippen molar-refractivity contribution < 1.29 is 9.59 Å². The van der Waals surface area contributed by atoms with E-state index in [4.69, 9.17) is 0 Å². The Morgan fingerprint density at radius 2 is 2.17 bits per heavy atom. The van der Waals surface area contributed by atoms with E-state index in [2.05, 4.69) is 15.9 Å². The van der Waals surface area contributed by atoms with E-state index in [0.29, 0.717) is 11.0 Å². The topological polar surface area (TPSA) is 37.4 Å². The van der Waals surface area contributed by atoms with Crippen LogP contribution in [0.3, 0.4) is 0 Å². The molecule has 66 valence electrons. The van der Waals surface area contributed by atoms with Crippen LogP contribution in [-0.4, -0.2) is 23.3 Å². The standard InChI is InChI=1S/C8H10BrNO2/c1-2-3-4-10-7(11)5-6(9)8(10)12/h5H,2-4H2,1H3. The average Bonchev–Trinajstić information content (AvgIpc) is 2.25. The minimum Gasteiger partial charge on any atom is -0.274 e. The molecule has 0 atom stereocenters. The first-order chi connectivity index (χ1) is 5.66. The quantitative estimate of drug-likeness (QED) is 0.690. The number of nitrogens with zero attached hydrogens (tertiary/aromatic N) is 1. The van der Waals surface area contributed by atoms with Crippen molar-refractivity contribution in [3.05, 3.63) is 10.6 Å². The fraction of sp³-hybridized carbons (Fsp3) is 0.500. The van der Waals surface area contributed by atoms with E-state index in [9.17, 15) is 9.59 Å². The van der Waals surface area contributed by atoms with Gasteiger partial charge in [0.05, 0.1) is 4.48 Å². The van der Waals surface area contributed by atoms with E-state index in [-0.39, 0.29) is 11.8 Å². The van der Waals surface area contributed by atoms with E-state index in [1.165, 1.54) is 11.0 Å². The Balaban J connectivity index is 2.58. The molecule has 0 aromatic heterocycles. The number of hydrogen-bond acceptors (Lipinski definition) is 2. The number of imide groups is 1. The molecule has 1 heterocycles. The molecule has 0 N–H and O–H groups in total. The molecular formula is C8H10BrNO2. The lowest BCUT2D eigenvalue weighted by molar-refractivity contribution is -0.136. The van der Waals surface area contributed by atoms with E-state index < -0.39 is 0 Å². The number of carbonyl (C=O) groups excluding carboxylic acids is 2. The second-order valence-corrected chi connectivity index (χ2v) is 3.50. The second-order valence-electron chi connectivity index (χ2n) is 2.64. The highest BCUT2D eigenvalue weighted by Crippen LogP contribution is 2.18. The fourth-order valence-corrected chi connectivity index (χ4v) is 1.41. The monoisotopic (exact) mass is 231 g/mol. The lowest BCUT2D eigenvalue weighted by Crippen LogP contribution is -2.31. The van der Waals surface area contributed by atoms with E-state index in [0.717, 1.165) is 12.8 Å². The van der Waals surface area contributed by atoms with Gasteiger partial charge in [0.1, 0.15) is 0 Å². The van der Waals surface area contributed by atoms with Gasteiger partial charge in [-0.2, -0.15) is 0 Å². The predicted molar refractivity (Wildman–Crippen MR) is 48.6 cm³/mol. The molecule has 0 fully saturated rings. The fourth-order valence-electron chi connectivity index (χ4n) is 1.01. The van der Waals surface area contributed by atoms with Crippen LogP contribution in [0.15, 0.2) is 10.6 Å². The Morgan fingerprint density at radius 3 is 2.58 bits per heavy atom. The van der Waals surface area contributed by atoms with Crippen LogP contribution >= 0.6 is 15.9 Å². The van der Waals surface area contributed by atoms with Crippen molar-refractivity contribution in [2.24, 2.45) is 0 Å². The van der Waals surface area contributed by atoms with Crippen LogP contribution in [0.2, 0.25) is 0 Å². The molecule has 0 unspecified atom stereocenters. The number of amides is 2. The number of halogens is 1. The van der Waals surface area contributed by atoms with Crippen molar-refractivity contribution in [1.29, 1.82) is 0 Å². The van der Waals surface area contributed by atoms with Crippen LogP contribution in [-0.2, 0) is 9.59 Å². The highest BCUT2D eigenvalue weighted by Gasteiger charge is 2.28. The summed E-state index contributed by atoms with van der Waals surface area (Å²) in [4.78, 5) is 23.6. The van der Waals surface area contributed by atoms with Crippen molar-refractivity contribution in [2.75, 3.05) is 6.54 Å².